The van der Waals surface area contributed by atoms with E-state index in [0.717, 1.165) is 0 Å². The molecule has 1 aromatic rings. The van der Waals surface area contributed by atoms with Gasteiger partial charge in [0.2, 0.25) is 6.17 Å². The zero-order chi connectivity index (χ0) is 15.0. The van der Waals surface area contributed by atoms with Gasteiger partial charge >= 0.3 is 5.97 Å². The minimum Gasteiger partial charge on any atom is -0.481 e. The van der Waals surface area contributed by atoms with Gasteiger partial charge in [-0.3, -0.25) is 17.6 Å². The van der Waals surface area contributed by atoms with Gasteiger partial charge in [-0.1, -0.05) is 18.2 Å². The fourth-order valence-electron chi connectivity index (χ4n) is 2.24. The van der Waals surface area contributed by atoms with Crippen LogP contribution in [0.3, 0.4) is 0 Å². The van der Waals surface area contributed by atoms with Crippen LogP contribution in [0.15, 0.2) is 47.8 Å². The molecule has 8 heteroatoms. The van der Waals surface area contributed by atoms with Crippen LogP contribution < -0.4 is 4.90 Å². The van der Waals surface area contributed by atoms with E-state index in [2.05, 4.69) is 5.10 Å². The number of amidine groups is 1. The molecule has 2 aliphatic heterocycles. The number of fused-ring (bicyclic) bond motifs is 1. The van der Waals surface area contributed by atoms with E-state index in [9.17, 15) is 9.59 Å². The Kier molecular flexibility index (Phi) is 3.53. The number of amides is 1. The van der Waals surface area contributed by atoms with Crippen LogP contribution in [0.1, 0.15) is 6.42 Å². The van der Waals surface area contributed by atoms with E-state index in [0.29, 0.717) is 5.69 Å². The molecular formula is C13H11IN4O3. The van der Waals surface area contributed by atoms with E-state index in [1.54, 1.807) is 39.8 Å². The molecule has 21 heavy (non-hydrogen) atoms. The van der Waals surface area contributed by atoms with Crippen molar-refractivity contribution in [1.29, 1.82) is 0 Å². The number of hydrogen-bond donors (Lipinski definition) is 1. The average Bonchev–Trinajstić information content (AvgIpc) is 2.81. The van der Waals surface area contributed by atoms with Crippen molar-refractivity contribution in [3.8, 4) is 0 Å². The SMILES string of the molecule is O=C(O)CC1=NN2C=CN(I)C2C(=O)N1c1ccccc1. The van der Waals surface area contributed by atoms with Crippen molar-refractivity contribution >= 4 is 46.3 Å². The Morgan fingerprint density at radius 2 is 2.00 bits per heavy atom. The van der Waals surface area contributed by atoms with E-state index in [1.807, 2.05) is 28.9 Å². The maximum atomic E-state index is 12.7. The van der Waals surface area contributed by atoms with Crippen molar-refractivity contribution < 1.29 is 14.7 Å². The highest BCUT2D eigenvalue weighted by Crippen LogP contribution is 2.29. The molecule has 1 aromatic carbocycles. The van der Waals surface area contributed by atoms with Crippen molar-refractivity contribution in [3.05, 3.63) is 42.7 Å². The smallest absolute Gasteiger partial charge is 0.311 e. The summed E-state index contributed by atoms with van der Waals surface area (Å²) in [5.74, 6) is -1.06. The van der Waals surface area contributed by atoms with Gasteiger partial charge in [0.25, 0.3) is 5.91 Å². The largest absolute Gasteiger partial charge is 0.481 e. The van der Waals surface area contributed by atoms with Crippen LogP contribution in [-0.4, -0.2) is 37.1 Å². The third kappa shape index (κ3) is 2.46. The Bertz CT molecular complexity index is 646. The van der Waals surface area contributed by atoms with Crippen LogP contribution in [0.5, 0.6) is 0 Å². The van der Waals surface area contributed by atoms with Gasteiger partial charge in [0, 0.05) is 12.4 Å². The van der Waals surface area contributed by atoms with Crippen molar-refractivity contribution in [2.75, 3.05) is 4.90 Å². The van der Waals surface area contributed by atoms with Crippen LogP contribution in [0, 0.1) is 0 Å². The summed E-state index contributed by atoms with van der Waals surface area (Å²) in [7, 11) is 0. The van der Waals surface area contributed by atoms with E-state index in [4.69, 9.17) is 5.11 Å². The maximum absolute atomic E-state index is 12.7. The number of carboxylic acid groups (broad SMARTS) is 1. The molecule has 0 fully saturated rings. The molecule has 108 valence electrons. The summed E-state index contributed by atoms with van der Waals surface area (Å²) in [6.45, 7) is 0. The Morgan fingerprint density at radius 3 is 2.67 bits per heavy atom. The lowest BCUT2D eigenvalue weighted by Gasteiger charge is -2.36. The predicted molar refractivity (Wildman–Crippen MR) is 84.2 cm³/mol. The number of benzene rings is 1. The lowest BCUT2D eigenvalue weighted by molar-refractivity contribution is -0.135. The van der Waals surface area contributed by atoms with Gasteiger partial charge in [0.1, 0.15) is 12.3 Å². The fourth-order valence-corrected chi connectivity index (χ4v) is 2.88. The molecule has 0 saturated carbocycles. The van der Waals surface area contributed by atoms with Crippen molar-refractivity contribution in [1.82, 2.24) is 8.12 Å². The molecule has 2 heterocycles. The number of carbonyl (C=O) groups is 2. The van der Waals surface area contributed by atoms with Gasteiger partial charge in [0.15, 0.2) is 0 Å². The third-order valence-electron chi connectivity index (χ3n) is 3.10. The molecule has 7 nitrogen and oxygen atoms in total. The van der Waals surface area contributed by atoms with E-state index in [-0.39, 0.29) is 18.2 Å². The van der Waals surface area contributed by atoms with Crippen LogP contribution in [0.2, 0.25) is 0 Å². The quantitative estimate of drug-likeness (QED) is 0.618. The molecule has 0 aromatic heterocycles. The summed E-state index contributed by atoms with van der Waals surface area (Å²) in [6, 6.07) is 8.93. The van der Waals surface area contributed by atoms with E-state index in [1.165, 1.54) is 9.91 Å². The normalized spacial score (nSPS) is 20.6. The van der Waals surface area contributed by atoms with E-state index >= 15 is 0 Å². The van der Waals surface area contributed by atoms with Gasteiger partial charge in [-0.25, -0.2) is 5.01 Å². The summed E-state index contributed by atoms with van der Waals surface area (Å²) < 4.78 is 1.71. The molecule has 0 bridgehead atoms. The standard InChI is InChI=1S/C13H11IN4O3/c14-16-6-7-17-12(16)13(21)18(9-4-2-1-3-5-9)10(15-17)8-11(19)20/h1-7,12H,8H2,(H,19,20). The number of carbonyl (C=O) groups excluding carboxylic acids is 1. The monoisotopic (exact) mass is 398 g/mol. The number of anilines is 1. The highest BCUT2D eigenvalue weighted by Gasteiger charge is 2.42. The van der Waals surface area contributed by atoms with Crippen LogP contribution in [0.4, 0.5) is 5.69 Å². The van der Waals surface area contributed by atoms with Crippen molar-refractivity contribution in [3.63, 3.8) is 0 Å². The number of hydrogen-bond acceptors (Lipinski definition) is 5. The highest BCUT2D eigenvalue weighted by molar-refractivity contribution is 14.1. The number of aliphatic carboxylic acids is 1. The Hall–Kier alpha value is -2.10. The zero-order valence-corrected chi connectivity index (χ0v) is 12.9. The van der Waals surface area contributed by atoms with Gasteiger partial charge < -0.3 is 5.11 Å². The van der Waals surface area contributed by atoms with Gasteiger partial charge in [-0.15, -0.1) is 0 Å². The van der Waals surface area contributed by atoms with Crippen LogP contribution in [0.25, 0.3) is 0 Å². The first-order valence-electron chi connectivity index (χ1n) is 6.17. The third-order valence-corrected chi connectivity index (χ3v) is 3.95. The lowest BCUT2D eigenvalue weighted by atomic mass is 10.2. The molecule has 2 aliphatic rings. The first kappa shape index (κ1) is 13.9. The molecule has 0 radical (unpaired) electrons. The first-order chi connectivity index (χ1) is 10.1. The molecule has 0 spiro atoms. The zero-order valence-electron chi connectivity index (χ0n) is 10.8. The topological polar surface area (TPSA) is 76.5 Å². The minimum absolute atomic E-state index is 0.200. The first-order valence-corrected chi connectivity index (χ1v) is 7.13. The number of nitrogens with zero attached hydrogens (tertiary/aromatic N) is 4. The molecule has 3 rings (SSSR count). The second-order valence-electron chi connectivity index (χ2n) is 4.49. The van der Waals surface area contributed by atoms with Crippen LogP contribution >= 0.6 is 22.9 Å². The summed E-state index contributed by atoms with van der Waals surface area (Å²) >= 11 is 2.02. The lowest BCUT2D eigenvalue weighted by Crippen LogP contribution is -2.55. The number of hydrazone groups is 1. The molecule has 1 amide bonds. The molecule has 1 atom stereocenters. The molecule has 1 N–H and O–H groups in total. The number of rotatable bonds is 3. The number of carboxylic acids is 1. The second-order valence-corrected chi connectivity index (χ2v) is 5.61. The summed E-state index contributed by atoms with van der Waals surface area (Å²) in [4.78, 5) is 25.1. The Balaban J connectivity index is 2.04. The Labute approximate surface area is 134 Å². The molecular weight excluding hydrogens is 387 g/mol. The fraction of sp³-hybridized carbons (Fsp3) is 0.154. The second kappa shape index (κ2) is 5.35. The van der Waals surface area contributed by atoms with Gasteiger partial charge in [0.05, 0.1) is 28.6 Å². The summed E-state index contributed by atoms with van der Waals surface area (Å²) in [5, 5.41) is 14.8. The van der Waals surface area contributed by atoms with Crippen LogP contribution in [-0.2, 0) is 9.59 Å². The minimum atomic E-state index is -1.03. The number of halogens is 1. The summed E-state index contributed by atoms with van der Waals surface area (Å²) in [6.07, 6.45) is 2.47. The highest BCUT2D eigenvalue weighted by atomic mass is 127. The van der Waals surface area contributed by atoms with Crippen molar-refractivity contribution in [2.45, 2.75) is 12.6 Å². The number of para-hydroxylation sites is 1. The molecule has 0 saturated heterocycles. The molecule has 0 aliphatic carbocycles. The predicted octanol–water partition coefficient (Wildman–Crippen LogP) is 1.59. The van der Waals surface area contributed by atoms with E-state index < -0.39 is 12.1 Å². The van der Waals surface area contributed by atoms with Crippen molar-refractivity contribution in [2.24, 2.45) is 5.10 Å². The maximum Gasteiger partial charge on any atom is 0.311 e. The van der Waals surface area contributed by atoms with Gasteiger partial charge in [-0.2, -0.15) is 5.10 Å². The van der Waals surface area contributed by atoms with Gasteiger partial charge in [-0.05, 0) is 12.1 Å². The summed E-state index contributed by atoms with van der Waals surface area (Å²) in [5.41, 5.74) is 0.610. The molecule has 1 unspecified atom stereocenters. The Morgan fingerprint density at radius 1 is 1.29 bits per heavy atom. The average molecular weight is 398 g/mol.